The molecule has 1 radical (unpaired) electrons. The Morgan fingerprint density at radius 1 is 1.23 bits per heavy atom. The Balaban J connectivity index is 1.76. The summed E-state index contributed by atoms with van der Waals surface area (Å²) in [6.45, 7) is 2.02. The van der Waals surface area contributed by atoms with Gasteiger partial charge < -0.3 is 0 Å². The van der Waals surface area contributed by atoms with E-state index in [0.717, 1.165) is 18.4 Å². The molecule has 0 saturated carbocycles. The predicted octanol–water partition coefficient (Wildman–Crippen LogP) is 3.28. The normalized spacial score (nSPS) is 18.0. The molecule has 0 saturated heterocycles. The summed E-state index contributed by atoms with van der Waals surface area (Å²) in [5, 5.41) is 0.524. The minimum absolute atomic E-state index is 0.0794. The third-order valence-corrected chi connectivity index (χ3v) is 5.74. The summed E-state index contributed by atoms with van der Waals surface area (Å²) in [4.78, 5) is 0.248. The highest BCUT2D eigenvalue weighted by atomic mass is 35.5. The van der Waals surface area contributed by atoms with Crippen LogP contribution in [0.15, 0.2) is 41.3 Å². The molecule has 0 fully saturated rings. The second-order valence-electron chi connectivity index (χ2n) is 5.68. The van der Waals surface area contributed by atoms with E-state index < -0.39 is 10.0 Å². The maximum atomic E-state index is 12.4. The van der Waals surface area contributed by atoms with Gasteiger partial charge in [0, 0.05) is 11.1 Å². The van der Waals surface area contributed by atoms with Gasteiger partial charge in [-0.3, -0.25) is 0 Å². The van der Waals surface area contributed by atoms with Crippen LogP contribution in [-0.4, -0.2) is 14.5 Å². The molecule has 22 heavy (non-hydrogen) atoms. The molecule has 1 N–H and O–H groups in total. The van der Waals surface area contributed by atoms with E-state index >= 15 is 0 Å². The monoisotopic (exact) mass is 334 g/mol. The predicted molar refractivity (Wildman–Crippen MR) is 87.6 cm³/mol. The van der Waals surface area contributed by atoms with Gasteiger partial charge in [0.25, 0.3) is 0 Å². The lowest BCUT2D eigenvalue weighted by Gasteiger charge is -2.25. The van der Waals surface area contributed by atoms with Crippen LogP contribution in [0.4, 0.5) is 0 Å². The summed E-state index contributed by atoms with van der Waals surface area (Å²) in [5.41, 5.74) is 3.61. The van der Waals surface area contributed by atoms with Crippen LogP contribution in [-0.2, 0) is 22.9 Å². The van der Waals surface area contributed by atoms with E-state index in [9.17, 15) is 8.42 Å². The zero-order valence-electron chi connectivity index (χ0n) is 12.3. The third-order valence-electron chi connectivity index (χ3n) is 3.95. The first-order valence-electron chi connectivity index (χ1n) is 7.22. The number of fused-ring (bicyclic) bond motifs is 1. The standard InChI is InChI=1S/C17H17ClNO2S/c1-12-2-3-14-11-16(7-4-13(14)10-12)19-22(20,21)17-8-5-15(18)6-9-17/h3,5-6,8-10,16,19H,4,7,11H2,1H3. The fourth-order valence-corrected chi connectivity index (χ4v) is 4.21. The van der Waals surface area contributed by atoms with Gasteiger partial charge in [0.05, 0.1) is 4.90 Å². The van der Waals surface area contributed by atoms with Gasteiger partial charge in [-0.2, -0.15) is 0 Å². The SMILES string of the molecule is Cc1[c]cc2c(c1)CCC(NS(=O)(=O)c1ccc(Cl)cc1)C2. The van der Waals surface area contributed by atoms with Gasteiger partial charge in [-0.25, -0.2) is 13.1 Å². The molecule has 1 atom stereocenters. The fraction of sp³-hybridized carbons (Fsp3) is 0.294. The van der Waals surface area contributed by atoms with Crippen molar-refractivity contribution in [3.8, 4) is 0 Å². The van der Waals surface area contributed by atoms with Crippen molar-refractivity contribution >= 4 is 21.6 Å². The lowest BCUT2D eigenvalue weighted by molar-refractivity contribution is 0.507. The van der Waals surface area contributed by atoms with E-state index in [-0.39, 0.29) is 10.9 Å². The average Bonchev–Trinajstić information content (AvgIpc) is 2.47. The molecular weight excluding hydrogens is 318 g/mol. The molecule has 115 valence electrons. The van der Waals surface area contributed by atoms with E-state index in [0.29, 0.717) is 11.4 Å². The Kier molecular flexibility index (Phi) is 4.26. The van der Waals surface area contributed by atoms with Crippen molar-refractivity contribution in [3.63, 3.8) is 0 Å². The highest BCUT2D eigenvalue weighted by Crippen LogP contribution is 2.24. The molecule has 3 rings (SSSR count). The average molecular weight is 335 g/mol. The van der Waals surface area contributed by atoms with Crippen LogP contribution in [0.1, 0.15) is 23.1 Å². The van der Waals surface area contributed by atoms with E-state index in [1.54, 1.807) is 12.1 Å². The van der Waals surface area contributed by atoms with Crippen LogP contribution in [0, 0.1) is 13.0 Å². The lowest BCUT2D eigenvalue weighted by Crippen LogP contribution is -2.38. The van der Waals surface area contributed by atoms with Crippen molar-refractivity contribution in [2.24, 2.45) is 0 Å². The molecular formula is C17H17ClNO2S. The molecule has 1 aliphatic carbocycles. The number of rotatable bonds is 3. The number of sulfonamides is 1. The van der Waals surface area contributed by atoms with E-state index in [2.05, 4.69) is 16.9 Å². The highest BCUT2D eigenvalue weighted by molar-refractivity contribution is 7.89. The zero-order chi connectivity index (χ0) is 15.7. The molecule has 0 amide bonds. The van der Waals surface area contributed by atoms with Crippen LogP contribution in [0.25, 0.3) is 0 Å². The summed E-state index contributed by atoms with van der Waals surface area (Å²) in [6, 6.07) is 13.5. The van der Waals surface area contributed by atoms with Crippen molar-refractivity contribution in [2.45, 2.75) is 37.1 Å². The van der Waals surface area contributed by atoms with E-state index in [1.807, 2.05) is 13.0 Å². The number of nitrogens with one attached hydrogen (secondary N) is 1. The molecule has 5 heteroatoms. The van der Waals surface area contributed by atoms with Crippen molar-refractivity contribution in [2.75, 3.05) is 0 Å². The van der Waals surface area contributed by atoms with Crippen molar-refractivity contribution in [1.82, 2.24) is 4.72 Å². The molecule has 0 bridgehead atoms. The smallest absolute Gasteiger partial charge is 0.208 e. The van der Waals surface area contributed by atoms with Gasteiger partial charge in [0.2, 0.25) is 10.0 Å². The quantitative estimate of drug-likeness (QED) is 0.936. The Morgan fingerprint density at radius 2 is 1.95 bits per heavy atom. The van der Waals surface area contributed by atoms with Gasteiger partial charge in [-0.1, -0.05) is 23.7 Å². The number of aryl methyl sites for hydroxylation is 2. The van der Waals surface area contributed by atoms with E-state index in [1.165, 1.54) is 23.3 Å². The molecule has 0 heterocycles. The second-order valence-corrected chi connectivity index (χ2v) is 7.83. The van der Waals surface area contributed by atoms with Gasteiger partial charge in [0.1, 0.15) is 0 Å². The molecule has 2 aromatic rings. The Morgan fingerprint density at radius 3 is 2.68 bits per heavy atom. The number of halogens is 1. The van der Waals surface area contributed by atoms with Crippen LogP contribution < -0.4 is 4.72 Å². The fourth-order valence-electron chi connectivity index (χ4n) is 2.81. The Hall–Kier alpha value is -1.36. The first-order chi connectivity index (χ1) is 10.4. The molecule has 1 unspecified atom stereocenters. The maximum Gasteiger partial charge on any atom is 0.240 e. The summed E-state index contributed by atoms with van der Waals surface area (Å²) in [7, 11) is -3.51. The Labute approximate surface area is 136 Å². The summed E-state index contributed by atoms with van der Waals surface area (Å²) in [5.74, 6) is 0. The van der Waals surface area contributed by atoms with Gasteiger partial charge >= 0.3 is 0 Å². The molecule has 3 nitrogen and oxygen atoms in total. The number of hydrogen-bond acceptors (Lipinski definition) is 2. The number of hydrogen-bond donors (Lipinski definition) is 1. The van der Waals surface area contributed by atoms with Crippen molar-refractivity contribution in [3.05, 3.63) is 64.2 Å². The molecule has 0 spiro atoms. The van der Waals surface area contributed by atoms with Crippen molar-refractivity contribution < 1.29 is 8.42 Å². The van der Waals surface area contributed by atoms with Crippen LogP contribution in [0.3, 0.4) is 0 Å². The first kappa shape index (κ1) is 15.5. The maximum absolute atomic E-state index is 12.4. The molecule has 1 aliphatic rings. The van der Waals surface area contributed by atoms with Gasteiger partial charge in [0.15, 0.2) is 0 Å². The summed E-state index contributed by atoms with van der Waals surface area (Å²) in [6.07, 6.45) is 2.40. The topological polar surface area (TPSA) is 46.2 Å². The van der Waals surface area contributed by atoms with Crippen LogP contribution >= 0.6 is 11.6 Å². The Bertz CT molecular complexity index is 785. The molecule has 0 aromatic heterocycles. The van der Waals surface area contributed by atoms with Crippen LogP contribution in [0.2, 0.25) is 5.02 Å². The summed E-state index contributed by atoms with van der Waals surface area (Å²) < 4.78 is 27.6. The molecule has 2 aromatic carbocycles. The van der Waals surface area contributed by atoms with Crippen molar-refractivity contribution in [1.29, 1.82) is 0 Å². The summed E-state index contributed by atoms with van der Waals surface area (Å²) >= 11 is 5.80. The van der Waals surface area contributed by atoms with Gasteiger partial charge in [-0.15, -0.1) is 0 Å². The zero-order valence-corrected chi connectivity index (χ0v) is 13.8. The minimum atomic E-state index is -3.51. The highest BCUT2D eigenvalue weighted by Gasteiger charge is 2.24. The largest absolute Gasteiger partial charge is 0.240 e. The van der Waals surface area contributed by atoms with Gasteiger partial charge in [-0.05, 0) is 73.2 Å². The van der Waals surface area contributed by atoms with E-state index in [4.69, 9.17) is 11.6 Å². The first-order valence-corrected chi connectivity index (χ1v) is 9.08. The minimum Gasteiger partial charge on any atom is -0.208 e. The third kappa shape index (κ3) is 3.35. The molecule has 0 aliphatic heterocycles. The number of benzene rings is 2. The lowest BCUT2D eigenvalue weighted by atomic mass is 9.88. The second kappa shape index (κ2) is 6.03. The van der Waals surface area contributed by atoms with Crippen LogP contribution in [0.5, 0.6) is 0 Å².